The van der Waals surface area contributed by atoms with Gasteiger partial charge in [0.2, 0.25) is 5.89 Å². The average Bonchev–Trinajstić information content (AvgIpc) is 3.85. The molecule has 0 bridgehead atoms. The lowest BCUT2D eigenvalue weighted by Crippen LogP contribution is -1.94. The first-order valence-corrected chi connectivity index (χ1v) is 17.4. The van der Waals surface area contributed by atoms with Gasteiger partial charge >= 0.3 is 0 Å². The van der Waals surface area contributed by atoms with Crippen molar-refractivity contribution in [1.82, 2.24) is 9.55 Å². The van der Waals surface area contributed by atoms with Crippen molar-refractivity contribution in [2.24, 2.45) is 0 Å². The van der Waals surface area contributed by atoms with Crippen molar-refractivity contribution in [2.75, 3.05) is 0 Å². The van der Waals surface area contributed by atoms with E-state index in [-0.39, 0.29) is 0 Å². The Bertz CT molecular complexity index is 3000. The zero-order valence-electron chi connectivity index (χ0n) is 26.2. The Morgan fingerprint density at radius 1 is 0.510 bits per heavy atom. The Labute approximate surface area is 284 Å². The summed E-state index contributed by atoms with van der Waals surface area (Å²) in [6.07, 6.45) is 0. The number of nitrogens with zero attached hydrogens (tertiary/aromatic N) is 2. The van der Waals surface area contributed by atoms with Crippen molar-refractivity contribution < 1.29 is 4.42 Å². The van der Waals surface area contributed by atoms with Crippen LogP contribution in [0.2, 0.25) is 0 Å². The van der Waals surface area contributed by atoms with Crippen LogP contribution < -0.4 is 0 Å². The van der Waals surface area contributed by atoms with E-state index in [1.165, 1.54) is 69.3 Å². The van der Waals surface area contributed by atoms with Crippen molar-refractivity contribution >= 4 is 86.0 Å². The summed E-state index contributed by atoms with van der Waals surface area (Å²) >= 11 is 1.82. The molecule has 0 aliphatic rings. The Morgan fingerprint density at radius 3 is 1.82 bits per heavy atom. The van der Waals surface area contributed by atoms with E-state index < -0.39 is 0 Å². The Kier molecular flexibility index (Phi) is 5.54. The van der Waals surface area contributed by atoms with Crippen LogP contribution in [0.15, 0.2) is 162 Å². The molecule has 0 spiro atoms. The Balaban J connectivity index is 1.07. The van der Waals surface area contributed by atoms with E-state index in [4.69, 9.17) is 9.40 Å². The molecule has 3 aromatic heterocycles. The van der Waals surface area contributed by atoms with E-state index in [0.717, 1.165) is 27.7 Å². The molecule has 11 aromatic rings. The van der Waals surface area contributed by atoms with Crippen molar-refractivity contribution in [2.45, 2.75) is 0 Å². The minimum atomic E-state index is 0.631. The maximum atomic E-state index is 6.64. The van der Waals surface area contributed by atoms with Gasteiger partial charge in [0.25, 0.3) is 0 Å². The lowest BCUT2D eigenvalue weighted by molar-refractivity contribution is 0.623. The molecule has 8 aromatic carbocycles. The van der Waals surface area contributed by atoms with Crippen LogP contribution in [0.5, 0.6) is 0 Å². The second kappa shape index (κ2) is 10.1. The third kappa shape index (κ3) is 3.98. The molecule has 228 valence electrons. The van der Waals surface area contributed by atoms with Gasteiger partial charge in [-0.2, -0.15) is 0 Å². The van der Waals surface area contributed by atoms with E-state index in [1.54, 1.807) is 0 Å². The van der Waals surface area contributed by atoms with E-state index in [1.807, 2.05) is 11.3 Å². The summed E-state index contributed by atoms with van der Waals surface area (Å²) in [4.78, 5) is 4.99. The fourth-order valence-electron chi connectivity index (χ4n) is 7.66. The normalized spacial score (nSPS) is 12.1. The first kappa shape index (κ1) is 26.8. The van der Waals surface area contributed by atoms with Crippen LogP contribution >= 0.6 is 11.3 Å². The largest absolute Gasteiger partial charge is 0.435 e. The van der Waals surface area contributed by atoms with Gasteiger partial charge in [0, 0.05) is 42.2 Å². The molecule has 0 N–H and O–H groups in total. The quantitative estimate of drug-likeness (QED) is 0.192. The van der Waals surface area contributed by atoms with Gasteiger partial charge in [-0.3, -0.25) is 0 Å². The van der Waals surface area contributed by atoms with Crippen LogP contribution in [-0.2, 0) is 0 Å². The zero-order chi connectivity index (χ0) is 32.1. The van der Waals surface area contributed by atoms with E-state index >= 15 is 0 Å². The fourth-order valence-corrected chi connectivity index (χ4v) is 8.89. The predicted octanol–water partition coefficient (Wildman–Crippen LogP) is 12.9. The smallest absolute Gasteiger partial charge is 0.227 e. The highest BCUT2D eigenvalue weighted by atomic mass is 32.1. The molecule has 11 rings (SSSR count). The molecule has 0 radical (unpaired) electrons. The molecular weight excluding hydrogens is 617 g/mol. The van der Waals surface area contributed by atoms with Gasteiger partial charge in [0.05, 0.1) is 11.0 Å². The highest BCUT2D eigenvalue weighted by molar-refractivity contribution is 7.26. The molecular formula is C45H26N2OS. The standard InChI is InChI=1S/C45H26N2OS/c1-2-9-27(10-3-1)34-15-8-16-35-42-41(49-44(34)35)22-21-38-43(42)48-45(46-38)28-17-19-33(20-18-28)47-39-25-31-13-6-4-11-29(31)23-36(39)37-24-30-12-5-7-14-32(30)26-40(37)47/h1-26H. The maximum absolute atomic E-state index is 6.64. The van der Waals surface area contributed by atoms with Gasteiger partial charge in [-0.1, -0.05) is 97.1 Å². The number of fused-ring (bicyclic) bond motifs is 10. The molecule has 0 saturated carbocycles. The topological polar surface area (TPSA) is 31.0 Å². The van der Waals surface area contributed by atoms with E-state index in [0.29, 0.717) is 5.89 Å². The maximum Gasteiger partial charge on any atom is 0.227 e. The van der Waals surface area contributed by atoms with Gasteiger partial charge in [0.15, 0.2) is 5.58 Å². The van der Waals surface area contributed by atoms with Gasteiger partial charge in [-0.15, -0.1) is 11.3 Å². The van der Waals surface area contributed by atoms with Crippen LogP contribution in [0.1, 0.15) is 0 Å². The van der Waals surface area contributed by atoms with Crippen LogP contribution in [0, 0.1) is 0 Å². The first-order valence-electron chi connectivity index (χ1n) is 16.5. The molecule has 0 fully saturated rings. The molecule has 0 amide bonds. The number of oxazole rings is 1. The molecule has 0 aliphatic heterocycles. The fraction of sp³-hybridized carbons (Fsp3) is 0. The lowest BCUT2D eigenvalue weighted by atomic mass is 10.0. The zero-order valence-corrected chi connectivity index (χ0v) is 27.0. The third-order valence-electron chi connectivity index (χ3n) is 9.97. The van der Waals surface area contributed by atoms with Crippen LogP contribution in [0.4, 0.5) is 0 Å². The summed E-state index contributed by atoms with van der Waals surface area (Å²) in [7, 11) is 0. The molecule has 0 atom stereocenters. The molecule has 3 nitrogen and oxygen atoms in total. The summed E-state index contributed by atoms with van der Waals surface area (Å²) in [5.74, 6) is 0.631. The number of hydrogen-bond acceptors (Lipinski definition) is 3. The minimum absolute atomic E-state index is 0.631. The molecule has 0 saturated heterocycles. The number of thiophene rings is 1. The van der Waals surface area contributed by atoms with Crippen molar-refractivity contribution in [3.8, 4) is 28.3 Å². The highest BCUT2D eigenvalue weighted by Gasteiger charge is 2.19. The number of hydrogen-bond donors (Lipinski definition) is 0. The van der Waals surface area contributed by atoms with Crippen molar-refractivity contribution in [3.05, 3.63) is 158 Å². The Hall–Kier alpha value is -6.23. The first-order chi connectivity index (χ1) is 24.3. The van der Waals surface area contributed by atoms with Gasteiger partial charge in [-0.25, -0.2) is 4.98 Å². The summed E-state index contributed by atoms with van der Waals surface area (Å²) in [5.41, 5.74) is 8.62. The summed E-state index contributed by atoms with van der Waals surface area (Å²) in [6.45, 7) is 0. The van der Waals surface area contributed by atoms with Gasteiger partial charge in [-0.05, 0) is 93.3 Å². The SMILES string of the molecule is c1ccc(-c2cccc3c2sc2ccc4nc(-c5ccc(-n6c7cc8ccccc8cc7c7cc8ccccc8cc76)cc5)oc4c23)cc1. The highest BCUT2D eigenvalue weighted by Crippen LogP contribution is 2.44. The minimum Gasteiger partial charge on any atom is -0.435 e. The molecule has 3 heterocycles. The van der Waals surface area contributed by atoms with Crippen LogP contribution in [0.25, 0.3) is 103 Å². The predicted molar refractivity (Wildman–Crippen MR) is 207 cm³/mol. The van der Waals surface area contributed by atoms with Crippen LogP contribution in [0.3, 0.4) is 0 Å². The molecule has 0 unspecified atom stereocenters. The van der Waals surface area contributed by atoms with Crippen molar-refractivity contribution in [1.29, 1.82) is 0 Å². The Morgan fingerprint density at radius 2 is 1.14 bits per heavy atom. The van der Waals surface area contributed by atoms with E-state index in [9.17, 15) is 0 Å². The van der Waals surface area contributed by atoms with Gasteiger partial charge < -0.3 is 8.98 Å². The van der Waals surface area contributed by atoms with Gasteiger partial charge in [0.1, 0.15) is 5.52 Å². The number of rotatable bonds is 3. The summed E-state index contributed by atoms with van der Waals surface area (Å²) in [6, 6.07) is 56.6. The number of aromatic nitrogens is 2. The van der Waals surface area contributed by atoms with E-state index in [2.05, 4.69) is 162 Å². The lowest BCUT2D eigenvalue weighted by Gasteiger charge is -2.09. The molecule has 0 aliphatic carbocycles. The third-order valence-corrected chi connectivity index (χ3v) is 11.2. The molecule has 49 heavy (non-hydrogen) atoms. The summed E-state index contributed by atoms with van der Waals surface area (Å²) in [5, 5.41) is 9.81. The average molecular weight is 643 g/mol. The number of benzene rings is 8. The molecule has 4 heteroatoms. The summed E-state index contributed by atoms with van der Waals surface area (Å²) < 4.78 is 11.5. The van der Waals surface area contributed by atoms with Crippen molar-refractivity contribution in [3.63, 3.8) is 0 Å². The van der Waals surface area contributed by atoms with Crippen LogP contribution in [-0.4, -0.2) is 9.55 Å². The monoisotopic (exact) mass is 642 g/mol. The second-order valence-electron chi connectivity index (χ2n) is 12.8. The second-order valence-corrected chi connectivity index (χ2v) is 13.8.